The number of carbonyl (C=O) groups excluding carboxylic acids is 2. The zero-order valence-corrected chi connectivity index (χ0v) is 18.5. The zero-order chi connectivity index (χ0) is 22.3. The second-order valence-electron chi connectivity index (χ2n) is 6.77. The average molecular weight is 434 g/mol. The molecule has 0 spiro atoms. The van der Waals surface area contributed by atoms with E-state index in [9.17, 15) is 19.7 Å². The highest BCUT2D eigenvalue weighted by molar-refractivity contribution is 7.15. The second-order valence-corrected chi connectivity index (χ2v) is 7.97. The van der Waals surface area contributed by atoms with Crippen molar-refractivity contribution in [1.29, 1.82) is 0 Å². The minimum atomic E-state index is -0.545. The van der Waals surface area contributed by atoms with Crippen molar-refractivity contribution in [1.82, 2.24) is 14.8 Å². The summed E-state index contributed by atoms with van der Waals surface area (Å²) in [6, 6.07) is 5.55. The molecule has 2 aromatic rings. The molecule has 0 aliphatic rings. The van der Waals surface area contributed by atoms with Crippen LogP contribution in [0.4, 0.5) is 10.8 Å². The van der Waals surface area contributed by atoms with Crippen molar-refractivity contribution >= 4 is 34.0 Å². The van der Waals surface area contributed by atoms with Crippen LogP contribution in [0.5, 0.6) is 0 Å². The van der Waals surface area contributed by atoms with Crippen LogP contribution in [-0.2, 0) is 4.79 Å². The van der Waals surface area contributed by atoms with Crippen LogP contribution in [0.1, 0.15) is 34.8 Å². The molecule has 0 atom stereocenters. The van der Waals surface area contributed by atoms with Crippen LogP contribution in [0.25, 0.3) is 0 Å². The molecule has 0 aliphatic heterocycles. The summed E-state index contributed by atoms with van der Waals surface area (Å²) in [7, 11) is 0. The largest absolute Gasteiger partial charge is 0.328 e. The molecule has 162 valence electrons. The van der Waals surface area contributed by atoms with Crippen LogP contribution in [0.15, 0.2) is 24.3 Å². The van der Waals surface area contributed by atoms with Gasteiger partial charge in [0.2, 0.25) is 5.91 Å². The highest BCUT2D eigenvalue weighted by Crippen LogP contribution is 2.21. The molecule has 30 heavy (non-hydrogen) atoms. The number of rotatable bonds is 10. The van der Waals surface area contributed by atoms with Gasteiger partial charge in [0.25, 0.3) is 11.6 Å². The average Bonchev–Trinajstić information content (AvgIpc) is 3.03. The number of nitrogens with zero attached hydrogens (tertiary/aromatic N) is 4. The Hall–Kier alpha value is -2.85. The number of nitro groups is 1. The number of likely N-dealkylation sites (N-methyl/N-ethyl adjacent to an activating group) is 1. The molecule has 2 amide bonds. The Morgan fingerprint density at radius 1 is 1.20 bits per heavy atom. The van der Waals surface area contributed by atoms with Crippen LogP contribution < -0.4 is 5.32 Å². The Kier molecular flexibility index (Phi) is 8.43. The van der Waals surface area contributed by atoms with Crippen molar-refractivity contribution in [2.45, 2.75) is 27.7 Å². The first-order chi connectivity index (χ1) is 14.2. The van der Waals surface area contributed by atoms with Gasteiger partial charge in [-0.3, -0.25) is 19.7 Å². The molecule has 0 radical (unpaired) electrons. The summed E-state index contributed by atoms with van der Waals surface area (Å²) >= 11 is 1.38. The van der Waals surface area contributed by atoms with E-state index in [0.29, 0.717) is 18.2 Å². The van der Waals surface area contributed by atoms with Crippen LogP contribution in [0.3, 0.4) is 0 Å². The molecule has 1 aromatic carbocycles. The molecule has 0 saturated carbocycles. The number of aryl methyl sites for hydroxylation is 2. The number of anilines is 1. The summed E-state index contributed by atoms with van der Waals surface area (Å²) in [5.74, 6) is -0.783. The van der Waals surface area contributed by atoms with Gasteiger partial charge in [-0.05, 0) is 33.0 Å². The van der Waals surface area contributed by atoms with E-state index in [2.05, 4.69) is 15.2 Å². The smallest absolute Gasteiger partial charge is 0.270 e. The molecule has 0 aliphatic carbocycles. The fourth-order valence-electron chi connectivity index (χ4n) is 2.85. The number of hydrogen-bond acceptors (Lipinski definition) is 7. The lowest BCUT2D eigenvalue weighted by Gasteiger charge is -2.26. The SMILES string of the molecule is CCN(CC)CCN(CC(=O)Nc1nc(C)c(C)s1)C(=O)c1cccc([N+](=O)[O-])c1. The van der Waals surface area contributed by atoms with Crippen molar-refractivity contribution in [3.8, 4) is 0 Å². The summed E-state index contributed by atoms with van der Waals surface area (Å²) in [5, 5.41) is 14.3. The number of non-ortho nitro benzene ring substituents is 1. The van der Waals surface area contributed by atoms with Gasteiger partial charge in [-0.25, -0.2) is 4.98 Å². The van der Waals surface area contributed by atoms with E-state index in [-0.39, 0.29) is 23.7 Å². The number of nitrogens with one attached hydrogen (secondary N) is 1. The lowest BCUT2D eigenvalue weighted by Crippen LogP contribution is -2.42. The van der Waals surface area contributed by atoms with Gasteiger partial charge in [0.1, 0.15) is 6.54 Å². The molecular weight excluding hydrogens is 406 g/mol. The highest BCUT2D eigenvalue weighted by atomic mass is 32.1. The number of nitro benzene ring substituents is 1. The van der Waals surface area contributed by atoms with Crippen LogP contribution in [0, 0.1) is 24.0 Å². The first-order valence-corrected chi connectivity index (χ1v) is 10.6. The molecular formula is C20H27N5O4S. The van der Waals surface area contributed by atoms with E-state index in [0.717, 1.165) is 23.7 Å². The maximum absolute atomic E-state index is 13.0. The lowest BCUT2D eigenvalue weighted by atomic mass is 10.1. The Balaban J connectivity index is 2.18. The normalized spacial score (nSPS) is 10.8. The van der Waals surface area contributed by atoms with E-state index in [1.165, 1.54) is 40.5 Å². The second kappa shape index (κ2) is 10.8. The fourth-order valence-corrected chi connectivity index (χ4v) is 3.68. The first-order valence-electron chi connectivity index (χ1n) is 9.75. The number of benzene rings is 1. The lowest BCUT2D eigenvalue weighted by molar-refractivity contribution is -0.384. The summed E-state index contributed by atoms with van der Waals surface area (Å²) in [4.78, 5) is 45.0. The molecule has 1 aromatic heterocycles. The van der Waals surface area contributed by atoms with Crippen LogP contribution >= 0.6 is 11.3 Å². The maximum atomic E-state index is 13.0. The number of aromatic nitrogens is 1. The van der Waals surface area contributed by atoms with Gasteiger partial charge in [0, 0.05) is 35.7 Å². The minimum absolute atomic E-state index is 0.164. The molecule has 2 rings (SSSR count). The summed E-state index contributed by atoms with van der Waals surface area (Å²) in [6.45, 7) is 10.2. The monoisotopic (exact) mass is 433 g/mol. The van der Waals surface area contributed by atoms with Crippen molar-refractivity contribution < 1.29 is 14.5 Å². The van der Waals surface area contributed by atoms with Gasteiger partial charge >= 0.3 is 0 Å². The van der Waals surface area contributed by atoms with Crippen molar-refractivity contribution in [3.63, 3.8) is 0 Å². The third-order valence-electron chi connectivity index (χ3n) is 4.78. The van der Waals surface area contributed by atoms with E-state index in [1.54, 1.807) is 0 Å². The topological polar surface area (TPSA) is 109 Å². The molecule has 0 bridgehead atoms. The number of hydrogen-bond donors (Lipinski definition) is 1. The van der Waals surface area contributed by atoms with Gasteiger partial charge in [0.15, 0.2) is 5.13 Å². The number of carbonyl (C=O) groups is 2. The Morgan fingerprint density at radius 3 is 2.47 bits per heavy atom. The third-order valence-corrected chi connectivity index (χ3v) is 5.77. The molecule has 1 N–H and O–H groups in total. The standard InChI is InChI=1S/C20H27N5O4S/c1-5-23(6-2)10-11-24(13-18(26)22-20-21-14(3)15(4)30-20)19(27)16-8-7-9-17(12-16)25(28)29/h7-9,12H,5-6,10-11,13H2,1-4H3,(H,21,22,26). The highest BCUT2D eigenvalue weighted by Gasteiger charge is 2.22. The number of thiazole rings is 1. The zero-order valence-electron chi connectivity index (χ0n) is 17.7. The predicted molar refractivity (Wildman–Crippen MR) is 117 cm³/mol. The van der Waals surface area contributed by atoms with E-state index in [1.807, 2.05) is 27.7 Å². The Morgan fingerprint density at radius 2 is 1.90 bits per heavy atom. The van der Waals surface area contributed by atoms with Crippen LogP contribution in [-0.4, -0.2) is 64.2 Å². The maximum Gasteiger partial charge on any atom is 0.270 e. The molecule has 0 unspecified atom stereocenters. The Bertz CT molecular complexity index is 891. The first kappa shape index (κ1) is 23.4. The molecule has 9 nitrogen and oxygen atoms in total. The van der Waals surface area contributed by atoms with Crippen molar-refractivity contribution in [3.05, 3.63) is 50.5 Å². The predicted octanol–water partition coefficient (Wildman–Crippen LogP) is 3.09. The Labute approximate surface area is 179 Å². The summed E-state index contributed by atoms with van der Waals surface area (Å²) in [6.07, 6.45) is 0. The number of amides is 2. The van der Waals surface area contributed by atoms with Crippen molar-refractivity contribution in [2.75, 3.05) is 38.0 Å². The van der Waals surface area contributed by atoms with Gasteiger partial charge in [-0.1, -0.05) is 19.9 Å². The van der Waals surface area contributed by atoms with E-state index in [4.69, 9.17) is 0 Å². The van der Waals surface area contributed by atoms with Crippen LogP contribution in [0.2, 0.25) is 0 Å². The quantitative estimate of drug-likeness (QED) is 0.456. The van der Waals surface area contributed by atoms with Gasteiger partial charge in [-0.2, -0.15) is 0 Å². The van der Waals surface area contributed by atoms with E-state index >= 15 is 0 Å². The minimum Gasteiger partial charge on any atom is -0.328 e. The fraction of sp³-hybridized carbons (Fsp3) is 0.450. The van der Waals surface area contributed by atoms with Crippen molar-refractivity contribution in [2.24, 2.45) is 0 Å². The molecule has 1 heterocycles. The van der Waals surface area contributed by atoms with Gasteiger partial charge in [-0.15, -0.1) is 11.3 Å². The summed E-state index contributed by atoms with van der Waals surface area (Å²) < 4.78 is 0. The summed E-state index contributed by atoms with van der Waals surface area (Å²) in [5.41, 5.74) is 0.863. The third kappa shape index (κ3) is 6.33. The molecule has 0 fully saturated rings. The van der Waals surface area contributed by atoms with Gasteiger partial charge in [0.05, 0.1) is 10.6 Å². The van der Waals surface area contributed by atoms with E-state index < -0.39 is 10.8 Å². The van der Waals surface area contributed by atoms with Gasteiger partial charge < -0.3 is 15.1 Å². The molecule has 0 saturated heterocycles. The molecule has 10 heteroatoms.